The first-order chi connectivity index (χ1) is 0. The molecule has 0 amide bonds. The molecule has 2 N–H and O–H groups in total. The van der Waals surface area contributed by atoms with E-state index in [1.54, 1.807) is 0 Å². The van der Waals surface area contributed by atoms with Crippen molar-refractivity contribution in [2.45, 2.75) is 0 Å². The summed E-state index contributed by atoms with van der Waals surface area (Å²) in [5.74, 6) is 0. The van der Waals surface area contributed by atoms with E-state index in [0.717, 1.165) is 0 Å². The van der Waals surface area contributed by atoms with Gasteiger partial charge in [0.15, 0.2) is 0 Å². The average molecular weight is 127 g/mol. The van der Waals surface area contributed by atoms with Gasteiger partial charge in [0.1, 0.15) is 0 Å². The fourth-order valence-electron chi connectivity index (χ4n) is 0. The van der Waals surface area contributed by atoms with Crippen LogP contribution in [0, 0.1) is 0 Å². The molecule has 0 bridgehead atoms. The summed E-state index contributed by atoms with van der Waals surface area (Å²) in [6.07, 6.45) is 0. The number of hydrogen-bond acceptors (Lipinski definition) is 0. The Morgan fingerprint density at radius 1 is 1.00 bits per heavy atom. The fraction of sp³-hybridized carbons (Fsp3) is 0. The van der Waals surface area contributed by atoms with Crippen molar-refractivity contribution in [1.82, 2.24) is 0 Å². The van der Waals surface area contributed by atoms with Crippen LogP contribution in [0.5, 0.6) is 0 Å². The summed E-state index contributed by atoms with van der Waals surface area (Å²) in [5, 5.41) is 0. The van der Waals surface area contributed by atoms with Crippen LogP contribution in [-0.4, -0.2) is 31.5 Å². The van der Waals surface area contributed by atoms with Crippen LogP contribution in [-0.2, 0) is 0 Å². The SMILES string of the molecule is B.O.[F].[GeH4]. The van der Waals surface area contributed by atoms with Crippen molar-refractivity contribution in [1.29, 1.82) is 0 Å². The Morgan fingerprint density at radius 3 is 1.00 bits per heavy atom. The van der Waals surface area contributed by atoms with Gasteiger partial charge in [0.2, 0.25) is 0 Å². The third-order valence-electron chi connectivity index (χ3n) is 0. The van der Waals surface area contributed by atoms with Crippen LogP contribution < -0.4 is 0 Å². The van der Waals surface area contributed by atoms with Gasteiger partial charge in [-0.1, -0.05) is 0 Å². The Labute approximate surface area is 37.0 Å². The van der Waals surface area contributed by atoms with Crippen molar-refractivity contribution in [3.63, 3.8) is 0 Å². The van der Waals surface area contributed by atoms with Gasteiger partial charge in [-0.15, -0.1) is 0 Å². The molecule has 0 atom stereocenters. The summed E-state index contributed by atoms with van der Waals surface area (Å²) in [7, 11) is 0. The van der Waals surface area contributed by atoms with Crippen LogP contribution in [0.2, 0.25) is 0 Å². The summed E-state index contributed by atoms with van der Waals surface area (Å²) in [4.78, 5) is 0. The van der Waals surface area contributed by atoms with E-state index in [1.165, 1.54) is 0 Å². The van der Waals surface area contributed by atoms with E-state index in [-0.39, 0.29) is 36.2 Å². The fourth-order valence-corrected chi connectivity index (χ4v) is 0. The zero-order valence-electron chi connectivity index (χ0n) is 0.878. The molecule has 0 heterocycles. The van der Waals surface area contributed by atoms with Gasteiger partial charge in [-0.25, -0.2) is 0 Å². The van der Waals surface area contributed by atoms with Crippen molar-refractivity contribution in [3.05, 3.63) is 0 Å². The zero-order chi connectivity index (χ0) is 0. The minimum absolute atomic E-state index is 0. The number of hydrogen-bond donors (Lipinski definition) is 0. The van der Waals surface area contributed by atoms with E-state index in [0.29, 0.717) is 0 Å². The Bertz CT molecular complexity index is 8.00. The van der Waals surface area contributed by atoms with E-state index in [1.807, 2.05) is 0 Å². The molecule has 0 saturated heterocycles. The maximum atomic E-state index is 0. The second kappa shape index (κ2) is 88.1. The van der Waals surface area contributed by atoms with Gasteiger partial charge in [0.05, 0.1) is 8.41 Å². The van der Waals surface area contributed by atoms with E-state index in [2.05, 4.69) is 0 Å². The summed E-state index contributed by atoms with van der Waals surface area (Å²) in [6, 6.07) is 0. The summed E-state index contributed by atoms with van der Waals surface area (Å²) in [5.41, 5.74) is 0. The summed E-state index contributed by atoms with van der Waals surface area (Å²) in [6.45, 7) is 0. The molecule has 29 valence electrons. The van der Waals surface area contributed by atoms with Crippen LogP contribution in [0.3, 0.4) is 0 Å². The molecule has 0 aliphatic heterocycles. The number of rotatable bonds is 0. The first-order valence-electron chi connectivity index (χ1n) is 0. The second-order valence-electron chi connectivity index (χ2n) is 0. The van der Waals surface area contributed by atoms with E-state index >= 15 is 0 Å². The standard InChI is InChI=1S/BH3.F.GeH4.H2O/h1H3;;1H4;1H2. The molecule has 0 unspecified atom stereocenters. The topological polar surface area (TPSA) is 31.5 Å². The molecular formula is H9BFGeO. The number of halogens is 1. The molecule has 0 aliphatic carbocycles. The van der Waals surface area contributed by atoms with Crippen molar-refractivity contribution in [2.75, 3.05) is 0 Å². The van der Waals surface area contributed by atoms with Crippen molar-refractivity contribution in [3.8, 4) is 0 Å². The predicted molar refractivity (Wildman–Crippen MR) is 26.0 cm³/mol. The molecule has 0 rings (SSSR count). The third-order valence-corrected chi connectivity index (χ3v) is 0. The molecule has 0 fully saturated rings. The predicted octanol–water partition coefficient (Wildman–Crippen LogP) is -3.04. The molecule has 0 aliphatic rings. The van der Waals surface area contributed by atoms with E-state index in [9.17, 15) is 0 Å². The van der Waals surface area contributed by atoms with Gasteiger partial charge in [-0.2, -0.15) is 0 Å². The van der Waals surface area contributed by atoms with Crippen molar-refractivity contribution < 1.29 is 10.2 Å². The molecule has 0 spiro atoms. The maximum absolute atomic E-state index is 0. The van der Waals surface area contributed by atoms with Crippen molar-refractivity contribution >= 4 is 26.0 Å². The summed E-state index contributed by atoms with van der Waals surface area (Å²) >= 11 is 0. The minimum atomic E-state index is 0. The monoisotopic (exact) mass is 129 g/mol. The van der Waals surface area contributed by atoms with Gasteiger partial charge >= 0.3 is 17.6 Å². The molecule has 4 heavy (non-hydrogen) atoms. The Kier molecular flexibility index (Phi) is 4890. The Hall–Kier alpha value is 0.498. The normalized spacial score (nSPS) is 0. The molecule has 0 aromatic rings. The molecule has 0 saturated carbocycles. The van der Waals surface area contributed by atoms with Crippen LogP contribution in [0.25, 0.3) is 0 Å². The summed E-state index contributed by atoms with van der Waals surface area (Å²) < 4.78 is 0. The molecule has 0 aromatic carbocycles. The first kappa shape index (κ1) is 222. The van der Waals surface area contributed by atoms with Gasteiger partial charge in [-0.3, -0.25) is 0 Å². The quantitative estimate of drug-likeness (QED) is 0.310. The van der Waals surface area contributed by atoms with Crippen LogP contribution >= 0.6 is 0 Å². The molecular weight excluding hydrogens is 118 g/mol. The van der Waals surface area contributed by atoms with Crippen LogP contribution in [0.4, 0.5) is 4.70 Å². The van der Waals surface area contributed by atoms with Gasteiger partial charge in [-0.05, 0) is 0 Å². The first-order valence-corrected chi connectivity index (χ1v) is 0. The average Bonchev–Trinajstić information content (AvgIpc) is 0. The van der Waals surface area contributed by atoms with E-state index in [4.69, 9.17) is 0 Å². The van der Waals surface area contributed by atoms with Gasteiger partial charge in [0.25, 0.3) is 0 Å². The Morgan fingerprint density at radius 2 is 1.00 bits per heavy atom. The Balaban J connectivity index is 0. The third kappa shape index (κ3) is 22.6. The zero-order valence-corrected chi connectivity index (χ0v) is 0.878. The second-order valence-corrected chi connectivity index (χ2v) is 0. The molecule has 4 heteroatoms. The molecule has 0 aromatic heterocycles. The van der Waals surface area contributed by atoms with Gasteiger partial charge < -0.3 is 5.48 Å². The van der Waals surface area contributed by atoms with Crippen LogP contribution in [0.15, 0.2) is 0 Å². The van der Waals surface area contributed by atoms with Crippen LogP contribution in [0.1, 0.15) is 0 Å². The van der Waals surface area contributed by atoms with E-state index < -0.39 is 0 Å². The van der Waals surface area contributed by atoms with Crippen molar-refractivity contribution in [2.24, 2.45) is 0 Å². The molecule has 1 radical (unpaired) electrons. The van der Waals surface area contributed by atoms with Gasteiger partial charge in [0, 0.05) is 4.70 Å². The molecule has 1 nitrogen and oxygen atoms in total.